The second kappa shape index (κ2) is 5.29. The minimum Gasteiger partial charge on any atom is -0.486 e. The van der Waals surface area contributed by atoms with Gasteiger partial charge in [-0.15, -0.1) is 11.3 Å². The van der Waals surface area contributed by atoms with E-state index in [9.17, 15) is 0 Å². The van der Waals surface area contributed by atoms with Gasteiger partial charge in [-0.25, -0.2) is 4.98 Å². The number of benzene rings is 1. The summed E-state index contributed by atoms with van der Waals surface area (Å²) in [5.41, 5.74) is 2.36. The maximum atomic E-state index is 8.94. The molecule has 1 heterocycles. The summed E-state index contributed by atoms with van der Waals surface area (Å²) in [6, 6.07) is 6.10. The number of nitrogens with zero attached hydrogens (tertiary/aromatic N) is 1. The van der Waals surface area contributed by atoms with Crippen LogP contribution < -0.4 is 4.74 Å². The highest BCUT2D eigenvalue weighted by Crippen LogP contribution is 2.21. The van der Waals surface area contributed by atoms with E-state index >= 15 is 0 Å². The van der Waals surface area contributed by atoms with Crippen LogP contribution in [-0.2, 0) is 13.2 Å². The third kappa shape index (κ3) is 3.05. The van der Waals surface area contributed by atoms with Crippen LogP contribution in [0.4, 0.5) is 0 Å². The first-order chi connectivity index (χ1) is 8.19. The van der Waals surface area contributed by atoms with Crippen molar-refractivity contribution in [2.45, 2.75) is 27.1 Å². The lowest BCUT2D eigenvalue weighted by Crippen LogP contribution is -1.96. The molecule has 0 aliphatic carbocycles. The zero-order valence-electron chi connectivity index (χ0n) is 9.93. The van der Waals surface area contributed by atoms with Gasteiger partial charge in [-0.2, -0.15) is 0 Å². The number of aliphatic hydroxyl groups excluding tert-OH is 1. The van der Waals surface area contributed by atoms with Gasteiger partial charge in [0, 0.05) is 6.20 Å². The minimum atomic E-state index is 0.0429. The summed E-state index contributed by atoms with van der Waals surface area (Å²) < 4.78 is 5.70. The van der Waals surface area contributed by atoms with Crippen molar-refractivity contribution in [1.82, 2.24) is 4.98 Å². The summed E-state index contributed by atoms with van der Waals surface area (Å²) in [5.74, 6) is 0.886. The highest BCUT2D eigenvalue weighted by Gasteiger charge is 2.04. The van der Waals surface area contributed by atoms with Gasteiger partial charge < -0.3 is 9.84 Å². The van der Waals surface area contributed by atoms with Crippen molar-refractivity contribution in [3.05, 3.63) is 45.4 Å². The molecule has 0 amide bonds. The van der Waals surface area contributed by atoms with E-state index in [1.54, 1.807) is 6.20 Å². The molecule has 0 bridgehead atoms. The van der Waals surface area contributed by atoms with Crippen molar-refractivity contribution in [2.24, 2.45) is 0 Å². The van der Waals surface area contributed by atoms with Crippen LogP contribution in [0.5, 0.6) is 5.75 Å². The molecule has 4 heteroatoms. The number of thiazole rings is 1. The molecule has 1 N–H and O–H groups in total. The molecule has 0 saturated carbocycles. The molecule has 1 aromatic heterocycles. The standard InChI is InChI=1S/C13H15NO2S/c1-9-3-4-12(10(2)5-9)16-8-13-14-6-11(7-15)17-13/h3-6,15H,7-8H2,1-2H3. The minimum absolute atomic E-state index is 0.0429. The quantitative estimate of drug-likeness (QED) is 0.906. The lowest BCUT2D eigenvalue weighted by Gasteiger charge is -2.07. The summed E-state index contributed by atoms with van der Waals surface area (Å²) in [6.45, 7) is 4.59. The fraction of sp³-hybridized carbons (Fsp3) is 0.308. The van der Waals surface area contributed by atoms with Crippen molar-refractivity contribution in [1.29, 1.82) is 0 Å². The first-order valence-corrected chi connectivity index (χ1v) is 6.25. The van der Waals surface area contributed by atoms with Crippen LogP contribution in [0.15, 0.2) is 24.4 Å². The van der Waals surface area contributed by atoms with Gasteiger partial charge in [-0.3, -0.25) is 0 Å². The molecule has 0 aliphatic heterocycles. The van der Waals surface area contributed by atoms with Crippen molar-refractivity contribution in [2.75, 3.05) is 0 Å². The molecule has 0 saturated heterocycles. The van der Waals surface area contributed by atoms with Crippen LogP contribution in [0.3, 0.4) is 0 Å². The molecular weight excluding hydrogens is 234 g/mol. The summed E-state index contributed by atoms with van der Waals surface area (Å²) in [7, 11) is 0. The van der Waals surface area contributed by atoms with E-state index in [4.69, 9.17) is 9.84 Å². The van der Waals surface area contributed by atoms with Crippen LogP contribution in [-0.4, -0.2) is 10.1 Å². The zero-order chi connectivity index (χ0) is 12.3. The number of rotatable bonds is 4. The van der Waals surface area contributed by atoms with Crippen LogP contribution in [0.1, 0.15) is 21.0 Å². The summed E-state index contributed by atoms with van der Waals surface area (Å²) in [5, 5.41) is 9.82. The van der Waals surface area contributed by atoms with Crippen molar-refractivity contribution < 1.29 is 9.84 Å². The topological polar surface area (TPSA) is 42.4 Å². The van der Waals surface area contributed by atoms with Gasteiger partial charge in [-0.05, 0) is 25.5 Å². The van der Waals surface area contributed by atoms with Gasteiger partial charge in [0.05, 0.1) is 11.5 Å². The fourth-order valence-electron chi connectivity index (χ4n) is 1.59. The molecule has 1 aromatic carbocycles. The van der Waals surface area contributed by atoms with Gasteiger partial charge in [-0.1, -0.05) is 17.7 Å². The second-order valence-electron chi connectivity index (χ2n) is 3.94. The maximum Gasteiger partial charge on any atom is 0.140 e. The van der Waals surface area contributed by atoms with E-state index in [-0.39, 0.29) is 6.61 Å². The Kier molecular flexibility index (Phi) is 3.76. The second-order valence-corrected chi connectivity index (χ2v) is 5.14. The molecule has 3 nitrogen and oxygen atoms in total. The van der Waals surface area contributed by atoms with Crippen LogP contribution in [0.25, 0.3) is 0 Å². The van der Waals surface area contributed by atoms with Gasteiger partial charge in [0.15, 0.2) is 0 Å². The Bertz CT molecular complexity index is 508. The van der Waals surface area contributed by atoms with Crippen LogP contribution in [0, 0.1) is 13.8 Å². The Morgan fingerprint density at radius 2 is 2.18 bits per heavy atom. The third-order valence-electron chi connectivity index (χ3n) is 2.44. The highest BCUT2D eigenvalue weighted by atomic mass is 32.1. The van der Waals surface area contributed by atoms with Crippen molar-refractivity contribution in [3.63, 3.8) is 0 Å². The van der Waals surface area contributed by atoms with Gasteiger partial charge in [0.1, 0.15) is 17.4 Å². The first-order valence-electron chi connectivity index (χ1n) is 5.43. The number of aromatic nitrogens is 1. The Hall–Kier alpha value is -1.39. The van der Waals surface area contributed by atoms with Gasteiger partial charge in [0.2, 0.25) is 0 Å². The van der Waals surface area contributed by atoms with Crippen molar-refractivity contribution >= 4 is 11.3 Å². The normalized spacial score (nSPS) is 10.5. The average Bonchev–Trinajstić information content (AvgIpc) is 2.76. The zero-order valence-corrected chi connectivity index (χ0v) is 10.8. The fourth-order valence-corrected chi connectivity index (χ4v) is 2.28. The lowest BCUT2D eigenvalue weighted by molar-refractivity contribution is 0.285. The largest absolute Gasteiger partial charge is 0.486 e. The Morgan fingerprint density at radius 1 is 1.35 bits per heavy atom. The maximum absolute atomic E-state index is 8.94. The Morgan fingerprint density at radius 3 is 2.82 bits per heavy atom. The van der Waals surface area contributed by atoms with E-state index in [2.05, 4.69) is 18.0 Å². The number of hydrogen-bond acceptors (Lipinski definition) is 4. The van der Waals surface area contributed by atoms with E-state index in [1.807, 2.05) is 19.1 Å². The molecule has 0 aliphatic rings. The molecule has 0 spiro atoms. The number of ether oxygens (including phenoxy) is 1. The Labute approximate surface area is 105 Å². The molecule has 0 atom stereocenters. The van der Waals surface area contributed by atoms with Crippen LogP contribution >= 0.6 is 11.3 Å². The third-order valence-corrected chi connectivity index (χ3v) is 3.39. The van der Waals surface area contributed by atoms with Crippen LogP contribution in [0.2, 0.25) is 0 Å². The van der Waals surface area contributed by atoms with E-state index in [0.717, 1.165) is 21.2 Å². The molecule has 0 unspecified atom stereocenters. The Balaban J connectivity index is 2.02. The number of aryl methyl sites for hydroxylation is 2. The molecular formula is C13H15NO2S. The summed E-state index contributed by atoms with van der Waals surface area (Å²) >= 11 is 1.48. The molecule has 2 rings (SSSR count). The van der Waals surface area contributed by atoms with E-state index < -0.39 is 0 Å². The SMILES string of the molecule is Cc1ccc(OCc2ncc(CO)s2)c(C)c1. The molecule has 2 aromatic rings. The molecule has 17 heavy (non-hydrogen) atoms. The predicted molar refractivity (Wildman–Crippen MR) is 68.3 cm³/mol. The molecule has 0 fully saturated rings. The molecule has 90 valence electrons. The predicted octanol–water partition coefficient (Wildman–Crippen LogP) is 2.83. The van der Waals surface area contributed by atoms with Gasteiger partial charge >= 0.3 is 0 Å². The summed E-state index contributed by atoms with van der Waals surface area (Å²) in [4.78, 5) is 5.05. The first kappa shape index (κ1) is 12.1. The summed E-state index contributed by atoms with van der Waals surface area (Å²) in [6.07, 6.45) is 1.69. The highest BCUT2D eigenvalue weighted by molar-refractivity contribution is 7.11. The van der Waals surface area contributed by atoms with Crippen molar-refractivity contribution in [3.8, 4) is 5.75 Å². The number of hydrogen-bond donors (Lipinski definition) is 1. The van der Waals surface area contributed by atoms with E-state index in [0.29, 0.717) is 6.61 Å². The van der Waals surface area contributed by atoms with E-state index in [1.165, 1.54) is 16.9 Å². The number of aliphatic hydroxyl groups is 1. The molecule has 0 radical (unpaired) electrons. The van der Waals surface area contributed by atoms with Gasteiger partial charge in [0.25, 0.3) is 0 Å². The average molecular weight is 249 g/mol. The monoisotopic (exact) mass is 249 g/mol. The smallest absolute Gasteiger partial charge is 0.140 e. The lowest BCUT2D eigenvalue weighted by atomic mass is 10.1.